The Hall–Kier alpha value is -1.09. The van der Waals surface area contributed by atoms with Crippen LogP contribution in [0.25, 0.3) is 0 Å². The minimum Gasteiger partial charge on any atom is -0.337 e. The van der Waals surface area contributed by atoms with Gasteiger partial charge in [-0.1, -0.05) is 32.4 Å². The highest BCUT2D eigenvalue weighted by molar-refractivity contribution is 5.88. The second-order valence-electron chi connectivity index (χ2n) is 7.43. The van der Waals surface area contributed by atoms with Crippen molar-refractivity contribution in [1.82, 2.24) is 9.80 Å². The van der Waals surface area contributed by atoms with Gasteiger partial charge in [-0.05, 0) is 50.1 Å². The summed E-state index contributed by atoms with van der Waals surface area (Å²) >= 11 is 0. The summed E-state index contributed by atoms with van der Waals surface area (Å²) in [4.78, 5) is 16.9. The lowest BCUT2D eigenvalue weighted by Crippen LogP contribution is -2.48. The van der Waals surface area contributed by atoms with Gasteiger partial charge in [0.2, 0.25) is 5.91 Å². The quantitative estimate of drug-likeness (QED) is 0.741. The first-order valence-corrected chi connectivity index (χ1v) is 8.83. The molecule has 0 radical (unpaired) electrons. The topological polar surface area (TPSA) is 23.6 Å². The van der Waals surface area contributed by atoms with E-state index in [0.29, 0.717) is 0 Å². The Morgan fingerprint density at radius 3 is 2.50 bits per heavy atom. The number of hydrogen-bond donors (Lipinski definition) is 0. The van der Waals surface area contributed by atoms with Gasteiger partial charge in [0.25, 0.3) is 0 Å². The molecule has 0 unspecified atom stereocenters. The molecule has 3 nitrogen and oxygen atoms in total. The fourth-order valence-corrected chi connectivity index (χ4v) is 3.78. The van der Waals surface area contributed by atoms with Crippen molar-refractivity contribution in [2.75, 3.05) is 32.7 Å². The van der Waals surface area contributed by atoms with Gasteiger partial charge in [0.1, 0.15) is 0 Å². The molecule has 0 atom stereocenters. The minimum absolute atomic E-state index is 0.179. The molecule has 1 fully saturated rings. The van der Waals surface area contributed by atoms with Gasteiger partial charge in [0.05, 0.1) is 0 Å². The number of hydrogen-bond acceptors (Lipinski definition) is 2. The molecule has 22 heavy (non-hydrogen) atoms. The van der Waals surface area contributed by atoms with Gasteiger partial charge in [-0.15, -0.1) is 0 Å². The van der Waals surface area contributed by atoms with Crippen LogP contribution in [-0.2, 0) is 4.79 Å². The van der Waals surface area contributed by atoms with E-state index >= 15 is 0 Å². The van der Waals surface area contributed by atoms with Gasteiger partial charge in [-0.3, -0.25) is 9.69 Å². The predicted molar refractivity (Wildman–Crippen MR) is 92.8 cm³/mol. The van der Waals surface area contributed by atoms with Crippen molar-refractivity contribution in [1.29, 1.82) is 0 Å². The maximum Gasteiger partial charge on any atom is 0.246 e. The van der Waals surface area contributed by atoms with E-state index in [9.17, 15) is 4.79 Å². The van der Waals surface area contributed by atoms with Gasteiger partial charge in [0.15, 0.2) is 0 Å². The monoisotopic (exact) mass is 304 g/mol. The summed E-state index contributed by atoms with van der Waals surface area (Å²) in [5, 5.41) is 0. The van der Waals surface area contributed by atoms with Crippen LogP contribution in [0.2, 0.25) is 0 Å². The summed E-state index contributed by atoms with van der Waals surface area (Å²) in [6, 6.07) is 0. The van der Waals surface area contributed by atoms with Gasteiger partial charge in [0, 0.05) is 32.3 Å². The molecule has 0 aromatic carbocycles. The molecular weight excluding hydrogens is 272 g/mol. The fourth-order valence-electron chi connectivity index (χ4n) is 3.78. The maximum atomic E-state index is 12.4. The van der Waals surface area contributed by atoms with Crippen molar-refractivity contribution >= 4 is 5.91 Å². The molecule has 124 valence electrons. The Morgan fingerprint density at radius 1 is 1.23 bits per heavy atom. The van der Waals surface area contributed by atoms with Gasteiger partial charge < -0.3 is 4.90 Å². The summed E-state index contributed by atoms with van der Waals surface area (Å²) < 4.78 is 0. The van der Waals surface area contributed by atoms with E-state index in [1.807, 2.05) is 4.90 Å². The van der Waals surface area contributed by atoms with Gasteiger partial charge in [-0.2, -0.15) is 0 Å². The minimum atomic E-state index is 0.179. The molecule has 0 saturated carbocycles. The van der Waals surface area contributed by atoms with Crippen LogP contribution in [0.5, 0.6) is 0 Å². The van der Waals surface area contributed by atoms with Gasteiger partial charge >= 0.3 is 0 Å². The number of amides is 1. The van der Waals surface area contributed by atoms with Crippen molar-refractivity contribution in [3.8, 4) is 0 Å². The van der Waals surface area contributed by atoms with Crippen LogP contribution in [0.1, 0.15) is 53.4 Å². The first-order valence-electron chi connectivity index (χ1n) is 8.83. The predicted octanol–water partition coefficient (Wildman–Crippen LogP) is 3.62. The van der Waals surface area contributed by atoms with E-state index in [-0.39, 0.29) is 11.3 Å². The zero-order valence-electron chi connectivity index (χ0n) is 14.8. The molecule has 1 saturated heterocycles. The summed E-state index contributed by atoms with van der Waals surface area (Å²) in [7, 11) is 0. The summed E-state index contributed by atoms with van der Waals surface area (Å²) in [5.41, 5.74) is 3.03. The largest absolute Gasteiger partial charge is 0.337 e. The molecule has 0 bridgehead atoms. The average molecular weight is 304 g/mol. The average Bonchev–Trinajstić information content (AvgIpc) is 2.47. The SMILES string of the molecule is CCCN1CCN(C(=O)/C=C/C2=C(C)CCCC2(C)C)CC1. The zero-order chi connectivity index (χ0) is 16.2. The molecule has 1 amide bonds. The Morgan fingerprint density at radius 2 is 1.91 bits per heavy atom. The third-order valence-electron chi connectivity index (χ3n) is 5.16. The Kier molecular flexibility index (Phi) is 5.85. The Labute approximate surface area is 136 Å². The van der Waals surface area contributed by atoms with Crippen molar-refractivity contribution in [2.45, 2.75) is 53.4 Å². The first kappa shape index (κ1) is 17.3. The Balaban J connectivity index is 1.94. The third kappa shape index (κ3) is 4.22. The van der Waals surface area contributed by atoms with E-state index in [4.69, 9.17) is 0 Å². The normalized spacial score (nSPS) is 23.4. The standard InChI is InChI=1S/C19H32N2O/c1-5-11-20-12-14-21(15-13-20)18(22)9-8-17-16(2)7-6-10-19(17,3)4/h8-9H,5-7,10-15H2,1-4H3/b9-8+. The summed E-state index contributed by atoms with van der Waals surface area (Å²) in [5.74, 6) is 0.179. The van der Waals surface area contributed by atoms with Crippen molar-refractivity contribution < 1.29 is 4.79 Å². The second kappa shape index (κ2) is 7.45. The van der Waals surface area contributed by atoms with E-state index in [0.717, 1.165) is 32.7 Å². The van der Waals surface area contributed by atoms with Crippen LogP contribution < -0.4 is 0 Å². The molecule has 3 heteroatoms. The van der Waals surface area contributed by atoms with E-state index in [1.165, 1.54) is 36.8 Å². The number of rotatable bonds is 4. The number of allylic oxidation sites excluding steroid dienone is 3. The van der Waals surface area contributed by atoms with Crippen LogP contribution >= 0.6 is 0 Å². The third-order valence-corrected chi connectivity index (χ3v) is 5.16. The van der Waals surface area contributed by atoms with Gasteiger partial charge in [-0.25, -0.2) is 0 Å². The van der Waals surface area contributed by atoms with Crippen molar-refractivity contribution in [3.63, 3.8) is 0 Å². The van der Waals surface area contributed by atoms with Crippen LogP contribution in [0.3, 0.4) is 0 Å². The zero-order valence-corrected chi connectivity index (χ0v) is 14.8. The van der Waals surface area contributed by atoms with E-state index in [2.05, 4.69) is 38.7 Å². The number of carbonyl (C=O) groups excluding carboxylic acids is 1. The highest BCUT2D eigenvalue weighted by Crippen LogP contribution is 2.40. The molecular formula is C19H32N2O. The lowest BCUT2D eigenvalue weighted by Gasteiger charge is -2.34. The van der Waals surface area contributed by atoms with E-state index in [1.54, 1.807) is 6.08 Å². The lowest BCUT2D eigenvalue weighted by atomic mass is 9.72. The molecule has 0 N–H and O–H groups in total. The Bertz CT molecular complexity index is 454. The molecule has 0 aromatic rings. The number of nitrogens with zero attached hydrogens (tertiary/aromatic N) is 2. The number of carbonyl (C=O) groups is 1. The fraction of sp³-hybridized carbons (Fsp3) is 0.737. The molecule has 1 aliphatic carbocycles. The molecule has 2 aliphatic rings. The van der Waals surface area contributed by atoms with Crippen LogP contribution in [0.4, 0.5) is 0 Å². The molecule has 0 aromatic heterocycles. The highest BCUT2D eigenvalue weighted by Gasteiger charge is 2.27. The smallest absolute Gasteiger partial charge is 0.246 e. The van der Waals surface area contributed by atoms with Crippen LogP contribution in [-0.4, -0.2) is 48.4 Å². The molecule has 2 rings (SSSR count). The van der Waals surface area contributed by atoms with E-state index < -0.39 is 0 Å². The van der Waals surface area contributed by atoms with Crippen molar-refractivity contribution in [2.24, 2.45) is 5.41 Å². The summed E-state index contributed by atoms with van der Waals surface area (Å²) in [6.07, 6.45) is 8.75. The van der Waals surface area contributed by atoms with Crippen molar-refractivity contribution in [3.05, 3.63) is 23.3 Å². The molecule has 1 heterocycles. The molecule has 1 aliphatic heterocycles. The molecule has 0 spiro atoms. The summed E-state index contributed by atoms with van der Waals surface area (Å²) in [6.45, 7) is 13.9. The van der Waals surface area contributed by atoms with Crippen LogP contribution in [0, 0.1) is 5.41 Å². The lowest BCUT2D eigenvalue weighted by molar-refractivity contribution is -0.127. The maximum absolute atomic E-state index is 12.4. The number of piperazine rings is 1. The second-order valence-corrected chi connectivity index (χ2v) is 7.43. The first-order chi connectivity index (χ1) is 10.4. The van der Waals surface area contributed by atoms with Crippen LogP contribution in [0.15, 0.2) is 23.3 Å². The highest BCUT2D eigenvalue weighted by atomic mass is 16.2.